The Bertz CT molecular complexity index is 962. The van der Waals surface area contributed by atoms with Crippen molar-refractivity contribution in [1.82, 2.24) is 25.6 Å². The van der Waals surface area contributed by atoms with Gasteiger partial charge >= 0.3 is 0 Å². The minimum absolute atomic E-state index is 0.220. The smallest absolute Gasteiger partial charge is 0.272 e. The Labute approximate surface area is 156 Å². The average molecular weight is 367 g/mol. The van der Waals surface area contributed by atoms with Crippen LogP contribution in [0.2, 0.25) is 0 Å². The highest BCUT2D eigenvalue weighted by Crippen LogP contribution is 2.24. The molecule has 0 fully saturated rings. The number of ether oxygens (including phenoxy) is 1. The fourth-order valence-corrected chi connectivity index (χ4v) is 3.18. The first kappa shape index (κ1) is 17.3. The number of rotatable bonds is 5. The number of carbonyl (C=O) groups is 1. The maximum absolute atomic E-state index is 12.5. The molecule has 140 valence electrons. The summed E-state index contributed by atoms with van der Waals surface area (Å²) in [6.45, 7) is 1.92. The van der Waals surface area contributed by atoms with Crippen LogP contribution < -0.4 is 10.1 Å². The maximum atomic E-state index is 12.5. The van der Waals surface area contributed by atoms with E-state index in [2.05, 4.69) is 25.6 Å². The molecule has 8 nitrogen and oxygen atoms in total. The molecule has 0 aliphatic carbocycles. The molecule has 27 heavy (non-hydrogen) atoms. The summed E-state index contributed by atoms with van der Waals surface area (Å²) in [7, 11) is 3.65. The van der Waals surface area contributed by atoms with Crippen molar-refractivity contribution in [1.29, 1.82) is 0 Å². The van der Waals surface area contributed by atoms with E-state index < -0.39 is 0 Å². The standard InChI is InChI=1S/C19H21N5O3/c1-24-7-6-16-15(11-24)18(22-21-16)19(25)20-10-14-9-17(23-27-14)12-4-3-5-13(8-12)26-2/h3-5,8-9H,6-7,10-11H2,1-2H3,(H,20,25)(H,21,22). The zero-order valence-corrected chi connectivity index (χ0v) is 15.3. The Balaban J connectivity index is 1.43. The molecule has 4 rings (SSSR count). The summed E-state index contributed by atoms with van der Waals surface area (Å²) in [4.78, 5) is 14.7. The van der Waals surface area contributed by atoms with Crippen LogP contribution in [0.5, 0.6) is 5.75 Å². The van der Waals surface area contributed by atoms with Crippen molar-refractivity contribution in [2.45, 2.75) is 19.5 Å². The van der Waals surface area contributed by atoms with Gasteiger partial charge < -0.3 is 19.5 Å². The lowest BCUT2D eigenvalue weighted by atomic mass is 10.1. The van der Waals surface area contributed by atoms with E-state index in [1.165, 1.54) is 0 Å². The van der Waals surface area contributed by atoms with Gasteiger partial charge in [0.25, 0.3) is 5.91 Å². The summed E-state index contributed by atoms with van der Waals surface area (Å²) < 4.78 is 10.6. The van der Waals surface area contributed by atoms with E-state index in [-0.39, 0.29) is 12.5 Å². The van der Waals surface area contributed by atoms with Crippen LogP contribution in [0.1, 0.15) is 27.5 Å². The fraction of sp³-hybridized carbons (Fsp3) is 0.316. The molecule has 0 radical (unpaired) electrons. The first-order valence-corrected chi connectivity index (χ1v) is 8.77. The number of H-pyrrole nitrogens is 1. The van der Waals surface area contributed by atoms with E-state index in [1.807, 2.05) is 37.4 Å². The molecular formula is C19H21N5O3. The molecule has 1 amide bonds. The second kappa shape index (κ2) is 7.24. The molecule has 0 spiro atoms. The number of aromatic amines is 1. The summed E-state index contributed by atoms with van der Waals surface area (Å²) >= 11 is 0. The molecular weight excluding hydrogens is 346 g/mol. The number of fused-ring (bicyclic) bond motifs is 1. The third-order valence-corrected chi connectivity index (χ3v) is 4.69. The van der Waals surface area contributed by atoms with Crippen molar-refractivity contribution in [3.8, 4) is 17.0 Å². The van der Waals surface area contributed by atoms with Gasteiger partial charge in [-0.05, 0) is 19.2 Å². The van der Waals surface area contributed by atoms with Crippen LogP contribution >= 0.6 is 0 Å². The Morgan fingerprint density at radius 2 is 2.30 bits per heavy atom. The van der Waals surface area contributed by atoms with E-state index in [0.717, 1.165) is 42.1 Å². The van der Waals surface area contributed by atoms with Gasteiger partial charge in [-0.2, -0.15) is 5.10 Å². The topological polar surface area (TPSA) is 96.3 Å². The number of likely N-dealkylation sites (N-methyl/N-ethyl adjacent to an activating group) is 1. The number of amides is 1. The van der Waals surface area contributed by atoms with Gasteiger partial charge in [0.15, 0.2) is 11.5 Å². The number of carbonyl (C=O) groups excluding carboxylic acids is 1. The Morgan fingerprint density at radius 1 is 1.41 bits per heavy atom. The van der Waals surface area contributed by atoms with E-state index >= 15 is 0 Å². The maximum Gasteiger partial charge on any atom is 0.272 e. The van der Waals surface area contributed by atoms with Gasteiger partial charge in [0.1, 0.15) is 11.4 Å². The Hall–Kier alpha value is -3.13. The van der Waals surface area contributed by atoms with Crippen molar-refractivity contribution in [3.05, 3.63) is 53.0 Å². The summed E-state index contributed by atoms with van der Waals surface area (Å²) in [6, 6.07) is 9.37. The highest BCUT2D eigenvalue weighted by molar-refractivity contribution is 5.94. The molecule has 0 atom stereocenters. The van der Waals surface area contributed by atoms with E-state index in [4.69, 9.17) is 9.26 Å². The van der Waals surface area contributed by atoms with Crippen LogP contribution in [-0.4, -0.2) is 46.9 Å². The Morgan fingerprint density at radius 3 is 3.15 bits per heavy atom. The van der Waals surface area contributed by atoms with Crippen molar-refractivity contribution in [2.75, 3.05) is 20.7 Å². The van der Waals surface area contributed by atoms with Gasteiger partial charge in [0.2, 0.25) is 0 Å². The molecule has 3 aromatic rings. The second-order valence-electron chi connectivity index (χ2n) is 6.61. The highest BCUT2D eigenvalue weighted by atomic mass is 16.5. The number of methoxy groups -OCH3 is 1. The van der Waals surface area contributed by atoms with E-state index in [0.29, 0.717) is 17.1 Å². The molecule has 0 saturated carbocycles. The number of hydrogen-bond donors (Lipinski definition) is 2. The number of hydrogen-bond acceptors (Lipinski definition) is 6. The normalized spacial score (nSPS) is 14.0. The van der Waals surface area contributed by atoms with E-state index in [1.54, 1.807) is 7.11 Å². The van der Waals surface area contributed by atoms with Gasteiger partial charge in [-0.3, -0.25) is 9.89 Å². The molecule has 8 heteroatoms. The number of nitrogens with zero attached hydrogens (tertiary/aromatic N) is 3. The first-order chi connectivity index (χ1) is 13.1. The monoisotopic (exact) mass is 367 g/mol. The zero-order valence-electron chi connectivity index (χ0n) is 15.3. The van der Waals surface area contributed by atoms with Gasteiger partial charge in [0.05, 0.1) is 13.7 Å². The lowest BCUT2D eigenvalue weighted by Gasteiger charge is -2.22. The van der Waals surface area contributed by atoms with Crippen LogP contribution in [0.15, 0.2) is 34.9 Å². The summed E-state index contributed by atoms with van der Waals surface area (Å²) in [5.41, 5.74) is 4.04. The fourth-order valence-electron chi connectivity index (χ4n) is 3.18. The molecule has 2 aromatic heterocycles. The quantitative estimate of drug-likeness (QED) is 0.716. The average Bonchev–Trinajstić information content (AvgIpc) is 3.33. The number of benzene rings is 1. The second-order valence-corrected chi connectivity index (χ2v) is 6.61. The summed E-state index contributed by atoms with van der Waals surface area (Å²) in [5, 5.41) is 14.1. The molecule has 0 saturated heterocycles. The summed E-state index contributed by atoms with van der Waals surface area (Å²) in [5.74, 6) is 1.10. The highest BCUT2D eigenvalue weighted by Gasteiger charge is 2.24. The van der Waals surface area contributed by atoms with Crippen LogP contribution in [0.3, 0.4) is 0 Å². The molecule has 1 aromatic carbocycles. The predicted molar refractivity (Wildman–Crippen MR) is 98.3 cm³/mol. The van der Waals surface area contributed by atoms with Crippen molar-refractivity contribution in [3.63, 3.8) is 0 Å². The molecule has 2 N–H and O–H groups in total. The molecule has 0 bridgehead atoms. The Kier molecular flexibility index (Phi) is 4.64. The van der Waals surface area contributed by atoms with Crippen LogP contribution in [0, 0.1) is 0 Å². The zero-order chi connectivity index (χ0) is 18.8. The molecule has 1 aliphatic rings. The minimum atomic E-state index is -0.220. The third kappa shape index (κ3) is 3.56. The molecule has 0 unspecified atom stereocenters. The summed E-state index contributed by atoms with van der Waals surface area (Å²) in [6.07, 6.45) is 0.873. The predicted octanol–water partition coefficient (Wildman–Crippen LogP) is 1.99. The van der Waals surface area contributed by atoms with Gasteiger partial charge in [-0.15, -0.1) is 0 Å². The lowest BCUT2D eigenvalue weighted by Crippen LogP contribution is -2.29. The van der Waals surface area contributed by atoms with Gasteiger partial charge in [-0.25, -0.2) is 0 Å². The van der Waals surface area contributed by atoms with Crippen LogP contribution in [-0.2, 0) is 19.5 Å². The number of aromatic nitrogens is 3. The van der Waals surface area contributed by atoms with Crippen molar-refractivity contribution in [2.24, 2.45) is 0 Å². The molecule has 1 aliphatic heterocycles. The van der Waals surface area contributed by atoms with E-state index in [9.17, 15) is 4.79 Å². The minimum Gasteiger partial charge on any atom is -0.497 e. The largest absolute Gasteiger partial charge is 0.497 e. The SMILES string of the molecule is COc1cccc(-c2cc(CNC(=O)c3n[nH]c4c3CN(C)CC4)on2)c1. The number of nitrogens with one attached hydrogen (secondary N) is 2. The van der Waals surface area contributed by atoms with Crippen LogP contribution in [0.25, 0.3) is 11.3 Å². The van der Waals surface area contributed by atoms with Crippen molar-refractivity contribution >= 4 is 5.91 Å². The third-order valence-electron chi connectivity index (χ3n) is 4.69. The van der Waals surface area contributed by atoms with Crippen LogP contribution in [0.4, 0.5) is 0 Å². The van der Waals surface area contributed by atoms with Crippen molar-refractivity contribution < 1.29 is 14.1 Å². The first-order valence-electron chi connectivity index (χ1n) is 8.77. The van der Waals surface area contributed by atoms with Gasteiger partial charge in [0, 0.05) is 42.4 Å². The van der Waals surface area contributed by atoms with Gasteiger partial charge in [-0.1, -0.05) is 17.3 Å². The molecule has 3 heterocycles. The lowest BCUT2D eigenvalue weighted by molar-refractivity contribution is 0.0940.